The van der Waals surface area contributed by atoms with Crippen LogP contribution in [0.15, 0.2) is 45.6 Å². The highest BCUT2D eigenvalue weighted by Crippen LogP contribution is 2.34. The molecule has 2 atom stereocenters. The Morgan fingerprint density at radius 2 is 1.96 bits per heavy atom. The molecule has 3 rings (SSSR count). The number of nitriles is 1. The fourth-order valence-electron chi connectivity index (χ4n) is 3.12. The van der Waals surface area contributed by atoms with Crippen LogP contribution >= 0.6 is 27.3 Å². The van der Waals surface area contributed by atoms with Crippen molar-refractivity contribution >= 4 is 33.2 Å². The summed E-state index contributed by atoms with van der Waals surface area (Å²) in [7, 11) is 0. The van der Waals surface area contributed by atoms with Crippen molar-refractivity contribution < 1.29 is 4.79 Å². The average Bonchev–Trinajstić information content (AvgIpc) is 3.20. The number of carbonyl (C=O) groups excluding carboxylic acids is 1. The van der Waals surface area contributed by atoms with Crippen LogP contribution in [0.5, 0.6) is 0 Å². The van der Waals surface area contributed by atoms with Gasteiger partial charge in [0.25, 0.3) is 0 Å². The minimum Gasteiger partial charge on any atom is -0.336 e. The maximum absolute atomic E-state index is 13.0. The van der Waals surface area contributed by atoms with E-state index in [0.29, 0.717) is 12.3 Å². The van der Waals surface area contributed by atoms with Crippen molar-refractivity contribution in [2.24, 2.45) is 5.92 Å². The van der Waals surface area contributed by atoms with Crippen LogP contribution in [0.1, 0.15) is 50.3 Å². The van der Waals surface area contributed by atoms with Gasteiger partial charge in [-0.15, -0.1) is 0 Å². The van der Waals surface area contributed by atoms with Crippen molar-refractivity contribution in [1.82, 2.24) is 10.6 Å². The van der Waals surface area contributed by atoms with Crippen molar-refractivity contribution in [2.45, 2.75) is 50.7 Å². The third-order valence-corrected chi connectivity index (χ3v) is 6.03. The highest BCUT2D eigenvalue weighted by atomic mass is 79.9. The van der Waals surface area contributed by atoms with E-state index >= 15 is 0 Å². The Hall–Kier alpha value is -1.68. The minimum atomic E-state index is -0.649. The largest absolute Gasteiger partial charge is 0.336 e. The second-order valence-electron chi connectivity index (χ2n) is 7.57. The van der Waals surface area contributed by atoms with Gasteiger partial charge in [-0.25, -0.2) is 0 Å². The van der Waals surface area contributed by atoms with E-state index in [9.17, 15) is 10.1 Å². The number of hydrogen-bond acceptors (Lipinski definition) is 4. The van der Waals surface area contributed by atoms with Crippen molar-refractivity contribution in [3.8, 4) is 6.07 Å². The number of thiophene rings is 1. The minimum absolute atomic E-state index is 0.0731. The molecule has 1 saturated carbocycles. The number of amides is 1. The van der Waals surface area contributed by atoms with Gasteiger partial charge in [0.2, 0.25) is 5.91 Å². The molecule has 0 spiro atoms. The van der Waals surface area contributed by atoms with E-state index < -0.39 is 5.54 Å². The lowest BCUT2D eigenvalue weighted by atomic mass is 9.96. The van der Waals surface area contributed by atoms with Crippen LogP contribution in [-0.2, 0) is 4.79 Å². The van der Waals surface area contributed by atoms with E-state index in [1.807, 2.05) is 12.1 Å². The summed E-state index contributed by atoms with van der Waals surface area (Å²) in [6.45, 7) is 4.22. The normalized spacial score (nSPS) is 17.1. The monoisotopic (exact) mass is 445 g/mol. The Labute approximate surface area is 173 Å². The zero-order chi connectivity index (χ0) is 19.4. The summed E-state index contributed by atoms with van der Waals surface area (Å²) >= 11 is 5.13. The Balaban J connectivity index is 1.84. The fourth-order valence-corrected chi connectivity index (χ4v) is 4.07. The van der Waals surface area contributed by atoms with E-state index in [1.165, 1.54) is 0 Å². The third kappa shape index (κ3) is 5.19. The van der Waals surface area contributed by atoms with Crippen LogP contribution in [0.3, 0.4) is 0 Å². The van der Waals surface area contributed by atoms with Gasteiger partial charge in [-0.1, -0.05) is 41.9 Å². The van der Waals surface area contributed by atoms with Crippen LogP contribution in [0.2, 0.25) is 0 Å². The van der Waals surface area contributed by atoms with E-state index in [4.69, 9.17) is 0 Å². The van der Waals surface area contributed by atoms with Gasteiger partial charge in [0.05, 0.1) is 18.2 Å². The van der Waals surface area contributed by atoms with Crippen LogP contribution < -0.4 is 10.6 Å². The van der Waals surface area contributed by atoms with Gasteiger partial charge in [0.1, 0.15) is 5.54 Å². The van der Waals surface area contributed by atoms with Gasteiger partial charge in [-0.2, -0.15) is 16.6 Å². The van der Waals surface area contributed by atoms with Crippen molar-refractivity contribution in [1.29, 1.82) is 5.26 Å². The first-order chi connectivity index (χ1) is 12.9. The zero-order valence-electron chi connectivity index (χ0n) is 15.5. The smallest absolute Gasteiger partial charge is 0.238 e. The molecule has 1 aromatic heterocycles. The van der Waals surface area contributed by atoms with Crippen molar-refractivity contribution in [2.75, 3.05) is 0 Å². The van der Waals surface area contributed by atoms with Crippen LogP contribution in [-0.4, -0.2) is 17.5 Å². The molecule has 0 bridgehead atoms. The standard InChI is InChI=1S/C21H24BrN3OS/c1-14(2)11-18(20(26)25-21(13-23)8-9-21)24-19(16-7-10-27-12-16)15-3-5-17(22)6-4-15/h3-7,10,12,14,18-19,24H,8-9,11H2,1-2H3,(H,25,26)/t18-,19?/m0/s1. The highest BCUT2D eigenvalue weighted by molar-refractivity contribution is 9.10. The summed E-state index contributed by atoms with van der Waals surface area (Å²) in [6.07, 6.45) is 2.19. The molecule has 1 unspecified atom stereocenters. The number of benzene rings is 1. The maximum Gasteiger partial charge on any atom is 0.238 e. The number of halogens is 1. The van der Waals surface area contributed by atoms with Gasteiger partial charge >= 0.3 is 0 Å². The molecule has 1 fully saturated rings. The number of carbonyl (C=O) groups is 1. The summed E-state index contributed by atoms with van der Waals surface area (Å²) in [5, 5.41) is 20.0. The Morgan fingerprint density at radius 1 is 1.26 bits per heavy atom. The molecule has 27 heavy (non-hydrogen) atoms. The Kier molecular flexibility index (Phi) is 6.36. The molecule has 2 aromatic rings. The maximum atomic E-state index is 13.0. The molecular formula is C21H24BrN3OS. The van der Waals surface area contributed by atoms with Gasteiger partial charge in [-0.05, 0) is 65.3 Å². The summed E-state index contributed by atoms with van der Waals surface area (Å²) in [5.74, 6) is 0.277. The third-order valence-electron chi connectivity index (χ3n) is 4.80. The van der Waals surface area contributed by atoms with Gasteiger partial charge in [0, 0.05) is 4.47 Å². The summed E-state index contributed by atoms with van der Waals surface area (Å²) in [4.78, 5) is 13.0. The van der Waals surface area contributed by atoms with Gasteiger partial charge in [0.15, 0.2) is 0 Å². The summed E-state index contributed by atoms with van der Waals surface area (Å²) in [5.41, 5.74) is 1.61. The number of rotatable bonds is 8. The van der Waals surface area contributed by atoms with Crippen LogP contribution in [0.4, 0.5) is 0 Å². The summed E-state index contributed by atoms with van der Waals surface area (Å²) in [6, 6.07) is 12.1. The molecule has 142 valence electrons. The predicted octanol–water partition coefficient (Wildman–Crippen LogP) is 4.78. The first-order valence-electron chi connectivity index (χ1n) is 9.19. The first kappa shape index (κ1) is 20.1. The Morgan fingerprint density at radius 3 is 2.48 bits per heavy atom. The predicted molar refractivity (Wildman–Crippen MR) is 112 cm³/mol. The van der Waals surface area contributed by atoms with Crippen molar-refractivity contribution in [3.63, 3.8) is 0 Å². The quantitative estimate of drug-likeness (QED) is 0.614. The number of hydrogen-bond donors (Lipinski definition) is 2. The molecule has 1 aromatic carbocycles. The Bertz CT molecular complexity index is 807. The molecular weight excluding hydrogens is 422 g/mol. The van der Waals surface area contributed by atoms with Crippen molar-refractivity contribution in [3.05, 3.63) is 56.7 Å². The van der Waals surface area contributed by atoms with Gasteiger partial charge in [-0.3, -0.25) is 10.1 Å². The second kappa shape index (κ2) is 8.55. The molecule has 1 aliphatic carbocycles. The topological polar surface area (TPSA) is 64.9 Å². The lowest BCUT2D eigenvalue weighted by Gasteiger charge is -2.27. The van der Waals surface area contributed by atoms with E-state index in [1.54, 1.807) is 11.3 Å². The summed E-state index contributed by atoms with van der Waals surface area (Å²) < 4.78 is 1.02. The van der Waals surface area contributed by atoms with E-state index in [2.05, 4.69) is 75.4 Å². The molecule has 6 heteroatoms. The number of nitrogens with zero attached hydrogens (tertiary/aromatic N) is 1. The van der Waals surface area contributed by atoms with E-state index in [-0.39, 0.29) is 18.0 Å². The molecule has 1 aliphatic rings. The fraction of sp³-hybridized carbons (Fsp3) is 0.429. The van der Waals surface area contributed by atoms with E-state index in [0.717, 1.165) is 28.4 Å². The number of nitrogens with one attached hydrogen (secondary N) is 2. The van der Waals surface area contributed by atoms with Crippen LogP contribution in [0, 0.1) is 17.2 Å². The lowest BCUT2D eigenvalue weighted by molar-refractivity contribution is -0.124. The molecule has 0 saturated heterocycles. The zero-order valence-corrected chi connectivity index (χ0v) is 17.9. The first-order valence-corrected chi connectivity index (χ1v) is 10.9. The highest BCUT2D eigenvalue weighted by Gasteiger charge is 2.45. The van der Waals surface area contributed by atoms with Crippen LogP contribution in [0.25, 0.3) is 0 Å². The molecule has 4 nitrogen and oxygen atoms in total. The second-order valence-corrected chi connectivity index (χ2v) is 9.27. The molecule has 1 amide bonds. The molecule has 0 aliphatic heterocycles. The SMILES string of the molecule is CC(C)C[C@H](NC(c1ccc(Br)cc1)c1ccsc1)C(=O)NC1(C#N)CC1. The molecule has 2 N–H and O–H groups in total. The molecule has 1 heterocycles. The molecule has 0 radical (unpaired) electrons. The average molecular weight is 446 g/mol. The lowest BCUT2D eigenvalue weighted by Crippen LogP contribution is -2.50. The van der Waals surface area contributed by atoms with Gasteiger partial charge < -0.3 is 5.32 Å².